The molecule has 1 N–H and O–H groups in total. The zero-order valence-electron chi connectivity index (χ0n) is 35.3. The third kappa shape index (κ3) is 13.8. The second-order valence-electron chi connectivity index (χ2n) is 16.8. The summed E-state index contributed by atoms with van der Waals surface area (Å²) in [7, 11) is 0. The first-order chi connectivity index (χ1) is 29.0. The summed E-state index contributed by atoms with van der Waals surface area (Å²) in [6.45, 7) is 5.17. The van der Waals surface area contributed by atoms with Gasteiger partial charge in [0.25, 0.3) is 0 Å². The van der Waals surface area contributed by atoms with Crippen molar-refractivity contribution in [1.82, 2.24) is 0 Å². The number of carbonyl (C=O) groups excluding carboxylic acids is 1. The largest absolute Gasteiger partial charge is 0.481 e. The summed E-state index contributed by atoms with van der Waals surface area (Å²) in [5.41, 5.74) is 2.82. The van der Waals surface area contributed by atoms with Crippen LogP contribution in [-0.4, -0.2) is 29.8 Å². The number of benzene rings is 4. The predicted octanol–water partition coefficient (Wildman–Crippen LogP) is 12.9. The maximum Gasteiger partial charge on any atom is 0.314 e. The van der Waals surface area contributed by atoms with Gasteiger partial charge in [0.1, 0.15) is 17.4 Å². The minimum Gasteiger partial charge on any atom is -0.481 e. The van der Waals surface area contributed by atoms with E-state index in [4.69, 9.17) is 9.47 Å². The van der Waals surface area contributed by atoms with Crippen molar-refractivity contribution in [3.8, 4) is 5.75 Å². The van der Waals surface area contributed by atoms with Crippen molar-refractivity contribution in [3.63, 3.8) is 0 Å². The lowest BCUT2D eigenvalue weighted by molar-refractivity contribution is -0.146. The highest BCUT2D eigenvalue weighted by Gasteiger charge is 2.45. The Morgan fingerprint density at radius 1 is 0.633 bits per heavy atom. The number of hydrogen-bond donors (Lipinski definition) is 1. The molecule has 2 aliphatic rings. The van der Waals surface area contributed by atoms with Gasteiger partial charge in [-0.25, -0.2) is 17.6 Å². The molecule has 4 aromatic carbocycles. The van der Waals surface area contributed by atoms with Crippen LogP contribution < -0.4 is 4.74 Å². The van der Waals surface area contributed by atoms with Gasteiger partial charge in [-0.3, -0.25) is 9.59 Å². The van der Waals surface area contributed by atoms with Crippen LogP contribution in [0.4, 0.5) is 17.6 Å². The Bertz CT molecular complexity index is 1930. The van der Waals surface area contributed by atoms with Crippen LogP contribution in [0.1, 0.15) is 132 Å². The number of carboxylic acid groups (broad SMARTS) is 1. The van der Waals surface area contributed by atoms with Crippen molar-refractivity contribution in [2.45, 2.75) is 141 Å². The van der Waals surface area contributed by atoms with Gasteiger partial charge in [0, 0.05) is 12.2 Å². The van der Waals surface area contributed by atoms with Crippen molar-refractivity contribution in [2.24, 2.45) is 11.8 Å². The molecule has 6 rings (SSSR count). The molecule has 0 aromatic heterocycles. The number of unbranched alkanes of at least 4 members (excludes halogenated alkanes) is 3. The zero-order chi connectivity index (χ0) is 42.9. The number of rotatable bonds is 18. The van der Waals surface area contributed by atoms with Gasteiger partial charge in [0.2, 0.25) is 0 Å². The van der Waals surface area contributed by atoms with E-state index in [1.165, 1.54) is 43.5 Å². The molecule has 324 valence electrons. The first-order valence-corrected chi connectivity index (χ1v) is 22.1. The summed E-state index contributed by atoms with van der Waals surface area (Å²) < 4.78 is 65.8. The van der Waals surface area contributed by atoms with E-state index in [-0.39, 0.29) is 23.8 Å². The van der Waals surface area contributed by atoms with E-state index in [1.807, 2.05) is 18.2 Å². The number of ether oxygens (including phenoxy) is 2. The lowest BCUT2D eigenvalue weighted by atomic mass is 9.65. The molecule has 9 heteroatoms. The van der Waals surface area contributed by atoms with Crippen LogP contribution in [0.3, 0.4) is 0 Å². The van der Waals surface area contributed by atoms with Gasteiger partial charge in [-0.2, -0.15) is 0 Å². The standard InChI is InChI=1S/C27H34F2O3.C24H28F2O2/c1-2-3-4-5-18-31-23-15-11-22(12-16-23)27(30)32-24-13-8-20(9-14-24)6-7-21-10-17-25(28)26(29)19-21;1-2-3-17-12-14-24(15-13-17,23(27)28)21-11-8-19(16-22(21)26)5-4-18-6-9-20(25)10-7-18/h8-10,13-14,17,19,22-23H,2-7,11-12,15-16,18H2,1H3;6-11,16-17H,2-5,12-15H2,1H3,(H,27,28). The number of aryl methyl sites for hydroxylation is 4. The average Bonchev–Trinajstić information content (AvgIpc) is 3.25. The van der Waals surface area contributed by atoms with Gasteiger partial charge < -0.3 is 14.6 Å². The van der Waals surface area contributed by atoms with Crippen molar-refractivity contribution in [1.29, 1.82) is 0 Å². The molecule has 2 aliphatic carbocycles. The van der Waals surface area contributed by atoms with Crippen LogP contribution in [-0.2, 0) is 45.4 Å². The highest BCUT2D eigenvalue weighted by Crippen LogP contribution is 2.44. The Balaban J connectivity index is 0.000000230. The Morgan fingerprint density at radius 2 is 1.20 bits per heavy atom. The van der Waals surface area contributed by atoms with Crippen molar-refractivity contribution in [3.05, 3.63) is 136 Å². The molecule has 0 spiro atoms. The monoisotopic (exact) mass is 830 g/mol. The summed E-state index contributed by atoms with van der Waals surface area (Å²) in [5, 5.41) is 9.93. The number of esters is 1. The number of halogens is 4. The first-order valence-electron chi connectivity index (χ1n) is 22.1. The molecule has 0 amide bonds. The fraction of sp³-hybridized carbons (Fsp3) is 0.490. The number of carbonyl (C=O) groups is 2. The molecular formula is C51H62F4O5. The SMILES string of the molecule is CCCC1CCC(C(=O)O)(c2ccc(CCc3ccc(F)cc3)cc2F)CC1.CCCCCCOC1CCC(C(=O)Oc2ccc(CCc3ccc(F)c(F)c3)cc2)CC1. The van der Waals surface area contributed by atoms with E-state index in [2.05, 4.69) is 13.8 Å². The lowest BCUT2D eigenvalue weighted by Gasteiger charge is -2.37. The predicted molar refractivity (Wildman–Crippen MR) is 228 cm³/mol. The fourth-order valence-electron chi connectivity index (χ4n) is 8.66. The van der Waals surface area contributed by atoms with Crippen molar-refractivity contribution < 1.29 is 41.7 Å². The highest BCUT2D eigenvalue weighted by atomic mass is 19.2. The van der Waals surface area contributed by atoms with Crippen LogP contribution in [0.5, 0.6) is 5.75 Å². The van der Waals surface area contributed by atoms with Gasteiger partial charge >= 0.3 is 11.9 Å². The maximum absolute atomic E-state index is 15.0. The molecule has 0 aliphatic heterocycles. The van der Waals surface area contributed by atoms with E-state index in [1.54, 1.807) is 36.4 Å². The summed E-state index contributed by atoms with van der Waals surface area (Å²) >= 11 is 0. The smallest absolute Gasteiger partial charge is 0.314 e. The minimum absolute atomic E-state index is 0.0667. The summed E-state index contributed by atoms with van der Waals surface area (Å²) in [5.74, 6) is -2.40. The minimum atomic E-state index is -1.11. The topological polar surface area (TPSA) is 72.8 Å². The highest BCUT2D eigenvalue weighted by molar-refractivity contribution is 5.81. The Hall–Kier alpha value is -4.50. The molecule has 0 bridgehead atoms. The fourth-order valence-corrected chi connectivity index (χ4v) is 8.66. The summed E-state index contributed by atoms with van der Waals surface area (Å²) in [6, 6.07) is 22.7. The summed E-state index contributed by atoms with van der Waals surface area (Å²) in [4.78, 5) is 24.7. The number of hydrogen-bond acceptors (Lipinski definition) is 4. The lowest BCUT2D eigenvalue weighted by Crippen LogP contribution is -2.40. The van der Waals surface area contributed by atoms with Gasteiger partial charge in [0.05, 0.1) is 17.4 Å². The van der Waals surface area contributed by atoms with Crippen LogP contribution >= 0.6 is 0 Å². The Morgan fingerprint density at radius 3 is 1.77 bits per heavy atom. The molecule has 2 saturated carbocycles. The zero-order valence-corrected chi connectivity index (χ0v) is 35.3. The number of carboxylic acids is 1. The van der Waals surface area contributed by atoms with E-state index in [9.17, 15) is 32.3 Å². The molecule has 0 heterocycles. The van der Waals surface area contributed by atoms with Gasteiger partial charge in [-0.1, -0.05) is 88.4 Å². The third-order valence-electron chi connectivity index (χ3n) is 12.4. The van der Waals surface area contributed by atoms with Crippen molar-refractivity contribution >= 4 is 11.9 Å². The molecule has 2 fully saturated rings. The number of aliphatic carboxylic acids is 1. The second kappa shape index (κ2) is 23.5. The van der Waals surface area contributed by atoms with E-state index >= 15 is 0 Å². The van der Waals surface area contributed by atoms with E-state index < -0.39 is 28.8 Å². The maximum atomic E-state index is 15.0. The Kier molecular flexibility index (Phi) is 18.2. The van der Waals surface area contributed by atoms with Crippen LogP contribution in [0.2, 0.25) is 0 Å². The molecule has 60 heavy (non-hydrogen) atoms. The van der Waals surface area contributed by atoms with Crippen LogP contribution in [0, 0.1) is 35.1 Å². The molecular weight excluding hydrogens is 769 g/mol. The second-order valence-corrected chi connectivity index (χ2v) is 16.8. The van der Waals surface area contributed by atoms with Gasteiger partial charge in [0.15, 0.2) is 11.6 Å². The molecule has 5 nitrogen and oxygen atoms in total. The van der Waals surface area contributed by atoms with Crippen LogP contribution in [0.25, 0.3) is 0 Å². The molecule has 4 aromatic rings. The third-order valence-corrected chi connectivity index (χ3v) is 12.4. The normalized spacial score (nSPS) is 20.2. The molecule has 0 saturated heterocycles. The van der Waals surface area contributed by atoms with E-state index in [0.717, 1.165) is 92.7 Å². The van der Waals surface area contributed by atoms with Crippen molar-refractivity contribution in [2.75, 3.05) is 6.61 Å². The van der Waals surface area contributed by atoms with Gasteiger partial charge in [-0.15, -0.1) is 0 Å². The summed E-state index contributed by atoms with van der Waals surface area (Å²) in [6.07, 6.45) is 16.1. The van der Waals surface area contributed by atoms with Crippen LogP contribution in [0.15, 0.2) is 84.9 Å². The molecule has 0 atom stereocenters. The first kappa shape index (κ1) is 46.6. The van der Waals surface area contributed by atoms with E-state index in [0.29, 0.717) is 55.8 Å². The molecule has 0 radical (unpaired) electrons. The average molecular weight is 831 g/mol. The quantitative estimate of drug-likeness (QED) is 0.0468. The Labute approximate surface area is 353 Å². The molecule has 0 unspecified atom stereocenters. The van der Waals surface area contributed by atoms with Gasteiger partial charge in [-0.05, 0) is 154 Å².